The van der Waals surface area contributed by atoms with Crippen LogP contribution in [0.5, 0.6) is 0 Å². The molecule has 0 aliphatic rings. The maximum atomic E-state index is 10.5. The van der Waals surface area contributed by atoms with Crippen molar-refractivity contribution in [2.75, 3.05) is 5.32 Å². The summed E-state index contributed by atoms with van der Waals surface area (Å²) in [6.07, 6.45) is 4.62. The number of pyridine rings is 1. The van der Waals surface area contributed by atoms with Crippen molar-refractivity contribution in [2.45, 2.75) is 13.0 Å². The molecule has 2 heterocycles. The lowest BCUT2D eigenvalue weighted by molar-refractivity contribution is -0.385. The summed E-state index contributed by atoms with van der Waals surface area (Å²) in [7, 11) is 0. The number of anilines is 1. The lowest BCUT2D eigenvalue weighted by atomic mass is 10.3. The molecule has 0 saturated carbocycles. The van der Waals surface area contributed by atoms with Crippen LogP contribution < -0.4 is 5.32 Å². The summed E-state index contributed by atoms with van der Waals surface area (Å²) < 4.78 is 0. The number of H-pyrrole nitrogens is 1. The van der Waals surface area contributed by atoms with Crippen molar-refractivity contribution in [3.8, 4) is 0 Å². The van der Waals surface area contributed by atoms with Crippen LogP contribution in [0.3, 0.4) is 0 Å². The molecule has 0 amide bonds. The van der Waals surface area contributed by atoms with E-state index in [-0.39, 0.29) is 11.7 Å². The second-order valence-electron chi connectivity index (χ2n) is 3.50. The van der Waals surface area contributed by atoms with E-state index in [0.29, 0.717) is 5.82 Å². The van der Waals surface area contributed by atoms with Crippen LogP contribution in [0.1, 0.15) is 18.8 Å². The van der Waals surface area contributed by atoms with Crippen LogP contribution in [-0.4, -0.2) is 19.9 Å². The summed E-state index contributed by atoms with van der Waals surface area (Å²) in [5.41, 5.74) is -0.0267. The van der Waals surface area contributed by atoms with Crippen molar-refractivity contribution in [1.29, 1.82) is 0 Å². The number of nitro groups is 1. The molecule has 17 heavy (non-hydrogen) atoms. The molecule has 0 aliphatic heterocycles. The van der Waals surface area contributed by atoms with Gasteiger partial charge in [0.1, 0.15) is 17.8 Å². The quantitative estimate of drug-likeness (QED) is 0.620. The Bertz CT molecular complexity index is 494. The number of imidazole rings is 1. The number of nitrogens with zero attached hydrogens (tertiary/aromatic N) is 3. The molecule has 0 aromatic carbocycles. The lowest BCUT2D eigenvalue weighted by Crippen LogP contribution is -2.09. The Morgan fingerprint density at radius 2 is 2.29 bits per heavy atom. The smallest absolute Gasteiger partial charge is 0.287 e. The summed E-state index contributed by atoms with van der Waals surface area (Å²) in [5.74, 6) is 1.35. The molecule has 7 nitrogen and oxygen atoms in total. The molecule has 0 saturated heterocycles. The van der Waals surface area contributed by atoms with Gasteiger partial charge in [-0.25, -0.2) is 9.97 Å². The molecule has 0 bridgehead atoms. The first-order valence-electron chi connectivity index (χ1n) is 5.03. The van der Waals surface area contributed by atoms with E-state index in [2.05, 4.69) is 20.3 Å². The standard InChI is InChI=1S/C10H11N5O2/c1-7(10-11-4-5-12-10)14-9-3-2-8(6-13-9)15(16)17/h2-7H,1H3,(H,11,12)(H,13,14). The first kappa shape index (κ1) is 11.1. The average molecular weight is 233 g/mol. The van der Waals surface area contributed by atoms with Crippen molar-refractivity contribution >= 4 is 11.5 Å². The summed E-state index contributed by atoms with van der Waals surface area (Å²) >= 11 is 0. The molecule has 2 rings (SSSR count). The van der Waals surface area contributed by atoms with Crippen molar-refractivity contribution in [3.63, 3.8) is 0 Å². The Morgan fingerprint density at radius 3 is 2.82 bits per heavy atom. The van der Waals surface area contributed by atoms with Gasteiger partial charge in [-0.3, -0.25) is 10.1 Å². The van der Waals surface area contributed by atoms with Crippen LogP contribution in [-0.2, 0) is 0 Å². The fourth-order valence-electron chi connectivity index (χ4n) is 1.38. The molecule has 0 radical (unpaired) electrons. The van der Waals surface area contributed by atoms with Gasteiger partial charge in [0.25, 0.3) is 5.69 Å². The molecule has 0 aliphatic carbocycles. The predicted octanol–water partition coefficient (Wildman–Crippen LogP) is 1.89. The third-order valence-corrected chi connectivity index (χ3v) is 2.25. The first-order chi connectivity index (χ1) is 8.16. The van der Waals surface area contributed by atoms with E-state index < -0.39 is 4.92 Å². The van der Waals surface area contributed by atoms with E-state index >= 15 is 0 Å². The van der Waals surface area contributed by atoms with Crippen LogP contribution in [0.2, 0.25) is 0 Å². The number of nitrogens with one attached hydrogen (secondary N) is 2. The zero-order valence-corrected chi connectivity index (χ0v) is 9.12. The van der Waals surface area contributed by atoms with Gasteiger partial charge in [0.05, 0.1) is 11.0 Å². The number of aromatic nitrogens is 3. The third-order valence-electron chi connectivity index (χ3n) is 2.25. The summed E-state index contributed by atoms with van der Waals surface area (Å²) in [5, 5.41) is 13.5. The third kappa shape index (κ3) is 2.57. The van der Waals surface area contributed by atoms with Gasteiger partial charge >= 0.3 is 0 Å². The van der Waals surface area contributed by atoms with Gasteiger partial charge in [-0.1, -0.05) is 0 Å². The van der Waals surface area contributed by atoms with Crippen molar-refractivity contribution in [2.24, 2.45) is 0 Å². The Hall–Kier alpha value is -2.44. The number of rotatable bonds is 4. The lowest BCUT2D eigenvalue weighted by Gasteiger charge is -2.11. The molecule has 1 unspecified atom stereocenters. The maximum absolute atomic E-state index is 10.5. The fourth-order valence-corrected chi connectivity index (χ4v) is 1.38. The Kier molecular flexibility index (Phi) is 2.99. The molecule has 2 aromatic rings. The molecular formula is C10H11N5O2. The molecule has 88 valence electrons. The first-order valence-corrected chi connectivity index (χ1v) is 5.03. The van der Waals surface area contributed by atoms with Crippen molar-refractivity contribution < 1.29 is 4.92 Å². The SMILES string of the molecule is CC(Nc1ccc([N+](=O)[O-])cn1)c1ncc[nH]1. The topological polar surface area (TPSA) is 96.7 Å². The van der Waals surface area contributed by atoms with Gasteiger partial charge in [-0.05, 0) is 13.0 Å². The van der Waals surface area contributed by atoms with E-state index in [1.165, 1.54) is 12.3 Å². The highest BCUT2D eigenvalue weighted by Gasteiger charge is 2.09. The minimum Gasteiger partial charge on any atom is -0.360 e. The second-order valence-corrected chi connectivity index (χ2v) is 3.50. The van der Waals surface area contributed by atoms with E-state index in [4.69, 9.17) is 0 Å². The van der Waals surface area contributed by atoms with Crippen LogP contribution in [0, 0.1) is 10.1 Å². The maximum Gasteiger partial charge on any atom is 0.287 e. The molecular weight excluding hydrogens is 222 g/mol. The molecule has 1 atom stereocenters. The second kappa shape index (κ2) is 4.60. The van der Waals surface area contributed by atoms with Gasteiger partial charge in [0.2, 0.25) is 0 Å². The van der Waals surface area contributed by atoms with E-state index in [1.807, 2.05) is 6.92 Å². The number of hydrogen-bond donors (Lipinski definition) is 2. The van der Waals surface area contributed by atoms with Crippen LogP contribution in [0.15, 0.2) is 30.7 Å². The van der Waals surface area contributed by atoms with Gasteiger partial charge in [0.15, 0.2) is 0 Å². The number of aromatic amines is 1. The van der Waals surface area contributed by atoms with Gasteiger partial charge in [0, 0.05) is 18.5 Å². The average Bonchev–Trinajstić information content (AvgIpc) is 2.83. The molecule has 7 heteroatoms. The Morgan fingerprint density at radius 1 is 1.47 bits per heavy atom. The van der Waals surface area contributed by atoms with Crippen LogP contribution in [0.25, 0.3) is 0 Å². The van der Waals surface area contributed by atoms with Gasteiger partial charge in [-0.2, -0.15) is 0 Å². The van der Waals surface area contributed by atoms with Crippen molar-refractivity contribution in [3.05, 3.63) is 46.7 Å². The molecule has 0 spiro atoms. The zero-order chi connectivity index (χ0) is 12.3. The highest BCUT2D eigenvalue weighted by molar-refractivity contribution is 5.41. The molecule has 2 aromatic heterocycles. The van der Waals surface area contributed by atoms with E-state index in [9.17, 15) is 10.1 Å². The zero-order valence-electron chi connectivity index (χ0n) is 9.12. The van der Waals surface area contributed by atoms with Crippen LogP contribution >= 0.6 is 0 Å². The molecule has 2 N–H and O–H groups in total. The predicted molar refractivity (Wildman–Crippen MR) is 61.5 cm³/mol. The highest BCUT2D eigenvalue weighted by atomic mass is 16.6. The fraction of sp³-hybridized carbons (Fsp3) is 0.200. The van der Waals surface area contributed by atoms with Gasteiger partial charge < -0.3 is 10.3 Å². The van der Waals surface area contributed by atoms with E-state index in [1.54, 1.807) is 18.5 Å². The normalized spacial score (nSPS) is 12.1. The van der Waals surface area contributed by atoms with Crippen molar-refractivity contribution in [1.82, 2.24) is 15.0 Å². The number of hydrogen-bond acceptors (Lipinski definition) is 5. The molecule has 0 fully saturated rings. The minimum atomic E-state index is -0.479. The summed E-state index contributed by atoms with van der Waals surface area (Å²) in [6.45, 7) is 1.92. The summed E-state index contributed by atoms with van der Waals surface area (Å²) in [6, 6.07) is 2.93. The Balaban J connectivity index is 2.06. The van der Waals surface area contributed by atoms with Gasteiger partial charge in [-0.15, -0.1) is 0 Å². The van der Waals surface area contributed by atoms with Crippen LogP contribution in [0.4, 0.5) is 11.5 Å². The monoisotopic (exact) mass is 233 g/mol. The highest BCUT2D eigenvalue weighted by Crippen LogP contribution is 2.16. The summed E-state index contributed by atoms with van der Waals surface area (Å²) in [4.78, 5) is 21.0. The Labute approximate surface area is 97.1 Å². The largest absolute Gasteiger partial charge is 0.360 e. The minimum absolute atomic E-state index is 0.0267. The van der Waals surface area contributed by atoms with E-state index in [0.717, 1.165) is 5.82 Å².